The molecule has 1 rings (SSSR count). The van der Waals surface area contributed by atoms with E-state index in [1.807, 2.05) is 0 Å². The summed E-state index contributed by atoms with van der Waals surface area (Å²) in [6.07, 6.45) is 9.08. The van der Waals surface area contributed by atoms with Crippen LogP contribution in [-0.2, 0) is 0 Å². The van der Waals surface area contributed by atoms with Gasteiger partial charge in [0, 0.05) is 12.1 Å². The van der Waals surface area contributed by atoms with Crippen LogP contribution in [0.1, 0.15) is 58.8 Å². The summed E-state index contributed by atoms with van der Waals surface area (Å²) in [7, 11) is 2.26. The topological polar surface area (TPSA) is 35.5 Å². The molecular formula is C16H34N2O. The second-order valence-electron chi connectivity index (χ2n) is 6.19. The van der Waals surface area contributed by atoms with E-state index in [9.17, 15) is 5.11 Å². The number of hydrogen-bond acceptors (Lipinski definition) is 3. The van der Waals surface area contributed by atoms with Gasteiger partial charge in [0.25, 0.3) is 0 Å². The molecule has 114 valence electrons. The predicted molar refractivity (Wildman–Crippen MR) is 82.5 cm³/mol. The second kappa shape index (κ2) is 9.73. The Morgan fingerprint density at radius 1 is 1.21 bits per heavy atom. The van der Waals surface area contributed by atoms with Gasteiger partial charge in [0.05, 0.1) is 6.61 Å². The molecule has 0 aliphatic heterocycles. The summed E-state index contributed by atoms with van der Waals surface area (Å²) < 4.78 is 0. The molecule has 1 aliphatic carbocycles. The van der Waals surface area contributed by atoms with E-state index in [1.165, 1.54) is 32.1 Å². The van der Waals surface area contributed by atoms with Crippen LogP contribution < -0.4 is 5.32 Å². The minimum Gasteiger partial charge on any atom is -0.395 e. The highest BCUT2D eigenvalue weighted by Gasteiger charge is 2.23. The van der Waals surface area contributed by atoms with Gasteiger partial charge < -0.3 is 15.3 Å². The van der Waals surface area contributed by atoms with Crippen LogP contribution in [0, 0.1) is 5.92 Å². The van der Waals surface area contributed by atoms with Crippen LogP contribution in [0.2, 0.25) is 0 Å². The number of rotatable bonds is 9. The van der Waals surface area contributed by atoms with Crippen LogP contribution in [0.5, 0.6) is 0 Å². The molecule has 0 bridgehead atoms. The van der Waals surface area contributed by atoms with Crippen molar-refractivity contribution in [1.82, 2.24) is 10.2 Å². The van der Waals surface area contributed by atoms with Gasteiger partial charge in [-0.15, -0.1) is 0 Å². The van der Waals surface area contributed by atoms with Gasteiger partial charge in [0.2, 0.25) is 0 Å². The third kappa shape index (κ3) is 6.24. The van der Waals surface area contributed by atoms with Crippen molar-refractivity contribution in [3.05, 3.63) is 0 Å². The van der Waals surface area contributed by atoms with Crippen LogP contribution in [0.3, 0.4) is 0 Å². The van der Waals surface area contributed by atoms with E-state index in [2.05, 4.69) is 31.1 Å². The lowest BCUT2D eigenvalue weighted by molar-refractivity contribution is 0.149. The van der Waals surface area contributed by atoms with E-state index in [0.717, 1.165) is 37.9 Å². The van der Waals surface area contributed by atoms with Gasteiger partial charge in [0.1, 0.15) is 0 Å². The maximum atomic E-state index is 9.36. The molecule has 0 aromatic heterocycles. The molecule has 1 atom stereocenters. The SMILES string of the molecule is CCCNC(CO)CCN(C)C1CCC(CC)CC1. The maximum Gasteiger partial charge on any atom is 0.0585 e. The quantitative estimate of drug-likeness (QED) is 0.676. The zero-order chi connectivity index (χ0) is 14.1. The molecule has 2 N–H and O–H groups in total. The molecule has 0 radical (unpaired) electrons. The van der Waals surface area contributed by atoms with Gasteiger partial charge in [-0.05, 0) is 64.6 Å². The van der Waals surface area contributed by atoms with Gasteiger partial charge in [-0.3, -0.25) is 0 Å². The molecule has 1 saturated carbocycles. The van der Waals surface area contributed by atoms with Crippen molar-refractivity contribution in [3.8, 4) is 0 Å². The van der Waals surface area contributed by atoms with E-state index in [0.29, 0.717) is 0 Å². The van der Waals surface area contributed by atoms with Crippen molar-refractivity contribution in [2.24, 2.45) is 5.92 Å². The number of aliphatic hydroxyl groups excluding tert-OH is 1. The first kappa shape index (κ1) is 16.9. The molecule has 0 aromatic rings. The van der Waals surface area contributed by atoms with E-state index >= 15 is 0 Å². The average molecular weight is 270 g/mol. The number of aliphatic hydroxyl groups is 1. The Bertz CT molecular complexity index is 215. The lowest BCUT2D eigenvalue weighted by Gasteiger charge is -2.35. The monoisotopic (exact) mass is 270 g/mol. The molecule has 0 heterocycles. The largest absolute Gasteiger partial charge is 0.395 e. The van der Waals surface area contributed by atoms with E-state index in [1.54, 1.807) is 0 Å². The maximum absolute atomic E-state index is 9.36. The normalized spacial score (nSPS) is 25.7. The van der Waals surface area contributed by atoms with Gasteiger partial charge in [-0.1, -0.05) is 20.3 Å². The highest BCUT2D eigenvalue weighted by molar-refractivity contribution is 4.78. The van der Waals surface area contributed by atoms with E-state index in [-0.39, 0.29) is 12.6 Å². The van der Waals surface area contributed by atoms with E-state index in [4.69, 9.17) is 0 Å². The fourth-order valence-electron chi connectivity index (χ4n) is 3.14. The number of nitrogens with one attached hydrogen (secondary N) is 1. The van der Waals surface area contributed by atoms with Gasteiger partial charge in [0.15, 0.2) is 0 Å². The number of hydrogen-bond donors (Lipinski definition) is 2. The highest BCUT2D eigenvalue weighted by atomic mass is 16.3. The van der Waals surface area contributed by atoms with Gasteiger partial charge in [-0.2, -0.15) is 0 Å². The predicted octanol–water partition coefficient (Wildman–Crippen LogP) is 2.64. The van der Waals surface area contributed by atoms with Crippen LogP contribution >= 0.6 is 0 Å². The second-order valence-corrected chi connectivity index (χ2v) is 6.19. The Balaban J connectivity index is 2.21. The van der Waals surface area contributed by atoms with Gasteiger partial charge >= 0.3 is 0 Å². The van der Waals surface area contributed by atoms with E-state index < -0.39 is 0 Å². The third-order valence-electron chi connectivity index (χ3n) is 4.75. The van der Waals surface area contributed by atoms with Crippen molar-refractivity contribution in [1.29, 1.82) is 0 Å². The Labute approximate surface area is 119 Å². The van der Waals surface area contributed by atoms with Crippen molar-refractivity contribution in [2.75, 3.05) is 26.7 Å². The molecule has 3 heteroatoms. The summed E-state index contributed by atoms with van der Waals surface area (Å²) >= 11 is 0. The molecule has 0 aromatic carbocycles. The van der Waals surface area contributed by atoms with Crippen LogP contribution in [0.25, 0.3) is 0 Å². The molecule has 3 nitrogen and oxygen atoms in total. The Kier molecular flexibility index (Phi) is 8.67. The summed E-state index contributed by atoms with van der Waals surface area (Å²) in [6.45, 7) is 6.86. The first-order chi connectivity index (χ1) is 9.21. The first-order valence-electron chi connectivity index (χ1n) is 8.25. The Morgan fingerprint density at radius 2 is 1.89 bits per heavy atom. The van der Waals surface area contributed by atoms with Crippen molar-refractivity contribution in [2.45, 2.75) is 70.9 Å². The van der Waals surface area contributed by atoms with Crippen molar-refractivity contribution >= 4 is 0 Å². The van der Waals surface area contributed by atoms with Crippen LogP contribution in [-0.4, -0.2) is 48.8 Å². The standard InChI is InChI=1S/C16H34N2O/c1-4-11-17-15(13-19)10-12-18(3)16-8-6-14(5-2)7-9-16/h14-17,19H,4-13H2,1-3H3. The summed E-state index contributed by atoms with van der Waals surface area (Å²) in [5.41, 5.74) is 0. The van der Waals surface area contributed by atoms with Gasteiger partial charge in [-0.25, -0.2) is 0 Å². The molecule has 0 amide bonds. The summed E-state index contributed by atoms with van der Waals surface area (Å²) in [4.78, 5) is 2.52. The fourth-order valence-corrected chi connectivity index (χ4v) is 3.14. The summed E-state index contributed by atoms with van der Waals surface area (Å²) in [6, 6.07) is 1.04. The van der Waals surface area contributed by atoms with Crippen LogP contribution in [0.15, 0.2) is 0 Å². The summed E-state index contributed by atoms with van der Waals surface area (Å²) in [5.74, 6) is 0.973. The minimum absolute atomic E-state index is 0.260. The lowest BCUT2D eigenvalue weighted by atomic mass is 9.84. The first-order valence-corrected chi connectivity index (χ1v) is 8.25. The zero-order valence-corrected chi connectivity index (χ0v) is 13.2. The highest BCUT2D eigenvalue weighted by Crippen LogP contribution is 2.28. The molecule has 0 saturated heterocycles. The molecular weight excluding hydrogens is 236 g/mol. The Morgan fingerprint density at radius 3 is 2.42 bits per heavy atom. The lowest BCUT2D eigenvalue weighted by Crippen LogP contribution is -2.40. The molecule has 19 heavy (non-hydrogen) atoms. The number of nitrogens with zero attached hydrogens (tertiary/aromatic N) is 1. The Hall–Kier alpha value is -0.120. The third-order valence-corrected chi connectivity index (χ3v) is 4.75. The molecule has 1 fully saturated rings. The average Bonchev–Trinajstić information content (AvgIpc) is 2.47. The van der Waals surface area contributed by atoms with Crippen LogP contribution in [0.4, 0.5) is 0 Å². The fraction of sp³-hybridized carbons (Fsp3) is 1.00. The van der Waals surface area contributed by atoms with Crippen molar-refractivity contribution < 1.29 is 5.11 Å². The molecule has 1 unspecified atom stereocenters. The summed E-state index contributed by atoms with van der Waals surface area (Å²) in [5, 5.41) is 12.8. The van der Waals surface area contributed by atoms with Crippen molar-refractivity contribution in [3.63, 3.8) is 0 Å². The molecule has 0 spiro atoms. The smallest absolute Gasteiger partial charge is 0.0585 e. The molecule has 1 aliphatic rings. The zero-order valence-electron chi connectivity index (χ0n) is 13.2. The minimum atomic E-state index is 0.260.